The first-order chi connectivity index (χ1) is 4.90. The highest BCUT2D eigenvalue weighted by atomic mass is 16.3. The van der Waals surface area contributed by atoms with Crippen molar-refractivity contribution in [2.45, 2.75) is 12.8 Å². The quantitative estimate of drug-likeness (QED) is 0.568. The lowest BCUT2D eigenvalue weighted by atomic mass is 9.80. The second-order valence-corrected chi connectivity index (χ2v) is 3.58. The normalized spacial score (nSPS) is 45.9. The SMILES string of the molecule is OCC1CN2CCC1CC2. The van der Waals surface area contributed by atoms with Crippen molar-refractivity contribution in [2.75, 3.05) is 26.2 Å². The summed E-state index contributed by atoms with van der Waals surface area (Å²) in [5.41, 5.74) is 0. The Morgan fingerprint density at radius 2 is 2.00 bits per heavy atom. The predicted octanol–water partition coefficient (Wildman–Crippen LogP) is 0.320. The van der Waals surface area contributed by atoms with E-state index >= 15 is 0 Å². The van der Waals surface area contributed by atoms with Crippen molar-refractivity contribution in [3.63, 3.8) is 0 Å². The highest BCUT2D eigenvalue weighted by Gasteiger charge is 2.33. The number of rotatable bonds is 1. The zero-order valence-corrected chi connectivity index (χ0v) is 6.29. The monoisotopic (exact) mass is 141 g/mol. The highest BCUT2D eigenvalue weighted by molar-refractivity contribution is 4.85. The average molecular weight is 141 g/mol. The standard InChI is InChI=1S/C8H15NO/c10-6-8-5-9-3-1-7(8)2-4-9/h7-8,10H,1-6H2. The van der Waals surface area contributed by atoms with Gasteiger partial charge in [0.05, 0.1) is 0 Å². The van der Waals surface area contributed by atoms with Crippen molar-refractivity contribution in [1.82, 2.24) is 4.90 Å². The molecule has 10 heavy (non-hydrogen) atoms. The second kappa shape index (κ2) is 2.51. The summed E-state index contributed by atoms with van der Waals surface area (Å²) in [5, 5.41) is 8.99. The smallest absolute Gasteiger partial charge is 0.0474 e. The number of aliphatic hydroxyl groups is 1. The zero-order chi connectivity index (χ0) is 6.97. The molecule has 3 rings (SSSR count). The summed E-state index contributed by atoms with van der Waals surface area (Å²) in [6.45, 7) is 4.12. The summed E-state index contributed by atoms with van der Waals surface area (Å²) in [6.07, 6.45) is 2.65. The van der Waals surface area contributed by atoms with Gasteiger partial charge >= 0.3 is 0 Å². The molecule has 3 aliphatic heterocycles. The largest absolute Gasteiger partial charge is 0.396 e. The van der Waals surface area contributed by atoms with Crippen LogP contribution in [0.5, 0.6) is 0 Å². The molecule has 0 amide bonds. The summed E-state index contributed by atoms with van der Waals surface area (Å²) in [5.74, 6) is 1.44. The van der Waals surface area contributed by atoms with Gasteiger partial charge in [-0.1, -0.05) is 0 Å². The number of hydrogen-bond donors (Lipinski definition) is 1. The molecule has 0 aliphatic carbocycles. The summed E-state index contributed by atoms with van der Waals surface area (Å²) in [7, 11) is 0. The van der Waals surface area contributed by atoms with Crippen LogP contribution in [0.3, 0.4) is 0 Å². The van der Waals surface area contributed by atoms with Gasteiger partial charge in [-0.15, -0.1) is 0 Å². The van der Waals surface area contributed by atoms with Crippen LogP contribution in [0.4, 0.5) is 0 Å². The lowest BCUT2D eigenvalue weighted by Gasteiger charge is -2.44. The lowest BCUT2D eigenvalue weighted by Crippen LogP contribution is -2.48. The van der Waals surface area contributed by atoms with Crippen LogP contribution in [0.2, 0.25) is 0 Å². The maximum absolute atomic E-state index is 8.99. The van der Waals surface area contributed by atoms with E-state index in [4.69, 9.17) is 5.11 Å². The van der Waals surface area contributed by atoms with Crippen LogP contribution in [-0.4, -0.2) is 36.2 Å². The van der Waals surface area contributed by atoms with Crippen molar-refractivity contribution in [3.05, 3.63) is 0 Å². The molecule has 0 radical (unpaired) electrons. The fraction of sp³-hybridized carbons (Fsp3) is 1.00. The Bertz CT molecular complexity index is 118. The van der Waals surface area contributed by atoms with E-state index < -0.39 is 0 Å². The number of aliphatic hydroxyl groups excluding tert-OH is 1. The fourth-order valence-electron chi connectivity index (χ4n) is 2.29. The van der Waals surface area contributed by atoms with Gasteiger partial charge in [-0.2, -0.15) is 0 Å². The van der Waals surface area contributed by atoms with Gasteiger partial charge in [-0.3, -0.25) is 0 Å². The summed E-state index contributed by atoms with van der Waals surface area (Å²) < 4.78 is 0. The molecule has 2 nitrogen and oxygen atoms in total. The predicted molar refractivity (Wildman–Crippen MR) is 39.7 cm³/mol. The van der Waals surface area contributed by atoms with Crippen molar-refractivity contribution in [2.24, 2.45) is 11.8 Å². The molecule has 3 heterocycles. The van der Waals surface area contributed by atoms with E-state index in [1.165, 1.54) is 25.9 Å². The molecule has 3 aliphatic rings. The third-order valence-corrected chi connectivity index (χ3v) is 3.03. The Morgan fingerprint density at radius 1 is 1.30 bits per heavy atom. The Morgan fingerprint density at radius 3 is 2.30 bits per heavy atom. The third-order valence-electron chi connectivity index (χ3n) is 3.03. The molecule has 2 heteroatoms. The zero-order valence-electron chi connectivity index (χ0n) is 6.29. The molecule has 0 aromatic rings. The topological polar surface area (TPSA) is 23.5 Å². The van der Waals surface area contributed by atoms with Crippen LogP contribution < -0.4 is 0 Å². The van der Waals surface area contributed by atoms with Gasteiger partial charge in [0.25, 0.3) is 0 Å². The van der Waals surface area contributed by atoms with Crippen LogP contribution in [0.25, 0.3) is 0 Å². The first-order valence-corrected chi connectivity index (χ1v) is 4.23. The molecular weight excluding hydrogens is 126 g/mol. The first kappa shape index (κ1) is 6.62. The van der Waals surface area contributed by atoms with E-state index in [0.29, 0.717) is 12.5 Å². The molecule has 0 spiro atoms. The fourth-order valence-corrected chi connectivity index (χ4v) is 2.29. The van der Waals surface area contributed by atoms with Gasteiger partial charge in [0, 0.05) is 13.2 Å². The average Bonchev–Trinajstić information content (AvgIpc) is 2.06. The minimum absolute atomic E-state index is 0.404. The first-order valence-electron chi connectivity index (χ1n) is 4.23. The van der Waals surface area contributed by atoms with Crippen molar-refractivity contribution in [1.29, 1.82) is 0 Å². The minimum atomic E-state index is 0.404. The summed E-state index contributed by atoms with van der Waals surface area (Å²) in [4.78, 5) is 2.47. The molecule has 0 aromatic heterocycles. The maximum Gasteiger partial charge on any atom is 0.0474 e. The van der Waals surface area contributed by atoms with E-state index in [2.05, 4.69) is 4.90 Å². The molecule has 2 bridgehead atoms. The molecule has 1 unspecified atom stereocenters. The molecule has 1 atom stereocenters. The van der Waals surface area contributed by atoms with Crippen molar-refractivity contribution < 1.29 is 5.11 Å². The number of hydrogen-bond acceptors (Lipinski definition) is 2. The second-order valence-electron chi connectivity index (χ2n) is 3.58. The van der Waals surface area contributed by atoms with Crippen LogP contribution in [0.15, 0.2) is 0 Å². The van der Waals surface area contributed by atoms with Gasteiger partial charge in [0.1, 0.15) is 0 Å². The highest BCUT2D eigenvalue weighted by Crippen LogP contribution is 2.31. The summed E-state index contributed by atoms with van der Waals surface area (Å²) >= 11 is 0. The third kappa shape index (κ3) is 0.956. The van der Waals surface area contributed by atoms with Crippen LogP contribution in [0.1, 0.15) is 12.8 Å². The molecule has 1 N–H and O–H groups in total. The van der Waals surface area contributed by atoms with Gasteiger partial charge < -0.3 is 10.0 Å². The van der Waals surface area contributed by atoms with E-state index in [1.807, 2.05) is 0 Å². The Hall–Kier alpha value is -0.0800. The molecule has 3 saturated heterocycles. The molecule has 58 valence electrons. The minimum Gasteiger partial charge on any atom is -0.396 e. The van der Waals surface area contributed by atoms with Gasteiger partial charge in [-0.25, -0.2) is 0 Å². The van der Waals surface area contributed by atoms with Crippen LogP contribution in [0, 0.1) is 11.8 Å². The molecule has 3 fully saturated rings. The van der Waals surface area contributed by atoms with E-state index in [-0.39, 0.29) is 0 Å². The number of fused-ring (bicyclic) bond motifs is 3. The number of piperidine rings is 3. The van der Waals surface area contributed by atoms with E-state index in [1.54, 1.807) is 0 Å². The molecular formula is C8H15NO. The van der Waals surface area contributed by atoms with Gasteiger partial charge in [-0.05, 0) is 37.8 Å². The molecule has 0 aromatic carbocycles. The van der Waals surface area contributed by atoms with Crippen molar-refractivity contribution in [3.8, 4) is 0 Å². The van der Waals surface area contributed by atoms with Crippen molar-refractivity contribution >= 4 is 0 Å². The Balaban J connectivity index is 2.01. The van der Waals surface area contributed by atoms with Crippen LogP contribution >= 0.6 is 0 Å². The van der Waals surface area contributed by atoms with Crippen LogP contribution in [-0.2, 0) is 0 Å². The molecule has 0 saturated carbocycles. The summed E-state index contributed by atoms with van der Waals surface area (Å²) in [6, 6.07) is 0. The Labute approximate surface area is 61.8 Å². The maximum atomic E-state index is 8.99. The van der Waals surface area contributed by atoms with E-state index in [9.17, 15) is 0 Å². The van der Waals surface area contributed by atoms with Gasteiger partial charge in [0.2, 0.25) is 0 Å². The number of nitrogens with zero attached hydrogens (tertiary/aromatic N) is 1. The van der Waals surface area contributed by atoms with Gasteiger partial charge in [0.15, 0.2) is 0 Å². The lowest BCUT2D eigenvalue weighted by molar-refractivity contribution is 0.0198. The Kier molecular flexibility index (Phi) is 1.66. The van der Waals surface area contributed by atoms with E-state index in [0.717, 1.165) is 12.5 Å².